The molecule has 0 aromatic rings. The first kappa shape index (κ1) is 11.5. The predicted molar refractivity (Wildman–Crippen MR) is 48.6 cm³/mol. The monoisotopic (exact) mass is 200 g/mol. The van der Waals surface area contributed by atoms with Crippen LogP contribution in [0.2, 0.25) is 0 Å². The summed E-state index contributed by atoms with van der Waals surface area (Å²) in [6, 6.07) is 0.355. The van der Waals surface area contributed by atoms with Crippen LogP contribution in [-0.4, -0.2) is 31.3 Å². The maximum absolute atomic E-state index is 5.70. The highest BCUT2D eigenvalue weighted by atomic mass is 35.5. The van der Waals surface area contributed by atoms with Gasteiger partial charge in [0.05, 0.1) is 18.8 Å². The van der Waals surface area contributed by atoms with E-state index in [4.69, 9.17) is 10.5 Å². The standard InChI is InChI=1S/C6H12N2O.2ClH/c7-5-1-6(8-2-5)3-9-4-6;;/h5,8H,1-4,7H2;2*1H. The fourth-order valence-corrected chi connectivity index (χ4v) is 1.56. The summed E-state index contributed by atoms with van der Waals surface area (Å²) in [6.45, 7) is 2.69. The molecule has 2 saturated heterocycles. The van der Waals surface area contributed by atoms with Gasteiger partial charge in [-0.05, 0) is 6.42 Å². The Bertz CT molecular complexity index is 130. The molecule has 1 atom stereocenters. The minimum absolute atomic E-state index is 0. The molecule has 68 valence electrons. The molecule has 11 heavy (non-hydrogen) atoms. The Morgan fingerprint density at radius 1 is 1.36 bits per heavy atom. The number of hydrogen-bond acceptors (Lipinski definition) is 3. The highest BCUT2D eigenvalue weighted by Crippen LogP contribution is 2.26. The van der Waals surface area contributed by atoms with E-state index in [1.165, 1.54) is 0 Å². The zero-order chi connectivity index (χ0) is 6.32. The van der Waals surface area contributed by atoms with Crippen molar-refractivity contribution in [3.8, 4) is 0 Å². The average molecular weight is 201 g/mol. The summed E-state index contributed by atoms with van der Waals surface area (Å²) in [5.41, 5.74) is 5.99. The van der Waals surface area contributed by atoms with Crippen molar-refractivity contribution in [1.29, 1.82) is 0 Å². The van der Waals surface area contributed by atoms with Gasteiger partial charge in [-0.25, -0.2) is 0 Å². The molecular formula is C6H14Cl2N2O. The third kappa shape index (κ3) is 1.98. The summed E-state index contributed by atoms with van der Waals surface area (Å²) in [5, 5.41) is 3.37. The Kier molecular flexibility index (Phi) is 4.08. The predicted octanol–water partition coefficient (Wildman–Crippen LogP) is -0.0804. The minimum Gasteiger partial charge on any atom is -0.377 e. The van der Waals surface area contributed by atoms with Crippen LogP contribution in [0.25, 0.3) is 0 Å². The Hall–Kier alpha value is 0.460. The van der Waals surface area contributed by atoms with Gasteiger partial charge in [-0.3, -0.25) is 0 Å². The van der Waals surface area contributed by atoms with E-state index in [-0.39, 0.29) is 24.8 Å². The van der Waals surface area contributed by atoms with Crippen LogP contribution in [0.15, 0.2) is 0 Å². The van der Waals surface area contributed by atoms with E-state index in [1.54, 1.807) is 0 Å². The van der Waals surface area contributed by atoms with E-state index in [0.717, 1.165) is 26.2 Å². The summed E-state index contributed by atoms with van der Waals surface area (Å²) >= 11 is 0. The summed E-state index contributed by atoms with van der Waals surface area (Å²) in [5.74, 6) is 0. The normalized spacial score (nSPS) is 31.9. The van der Waals surface area contributed by atoms with Gasteiger partial charge in [-0.15, -0.1) is 24.8 Å². The van der Waals surface area contributed by atoms with Gasteiger partial charge in [-0.2, -0.15) is 0 Å². The van der Waals surface area contributed by atoms with Crippen molar-refractivity contribution < 1.29 is 4.74 Å². The zero-order valence-electron chi connectivity index (χ0n) is 6.21. The summed E-state index contributed by atoms with van der Waals surface area (Å²) < 4.78 is 5.09. The third-order valence-electron chi connectivity index (χ3n) is 2.15. The third-order valence-corrected chi connectivity index (χ3v) is 2.15. The van der Waals surface area contributed by atoms with Crippen molar-refractivity contribution in [1.82, 2.24) is 5.32 Å². The molecule has 0 aromatic carbocycles. The molecule has 3 nitrogen and oxygen atoms in total. The molecule has 0 amide bonds. The highest BCUT2D eigenvalue weighted by Gasteiger charge is 2.43. The van der Waals surface area contributed by atoms with E-state index in [2.05, 4.69) is 5.32 Å². The number of ether oxygens (including phenoxy) is 1. The molecule has 2 aliphatic rings. The number of rotatable bonds is 0. The lowest BCUT2D eigenvalue weighted by Gasteiger charge is -2.38. The molecule has 0 radical (unpaired) electrons. The first-order valence-corrected chi connectivity index (χ1v) is 3.39. The second-order valence-electron chi connectivity index (χ2n) is 3.12. The van der Waals surface area contributed by atoms with Crippen LogP contribution in [0.1, 0.15) is 6.42 Å². The maximum Gasteiger partial charge on any atom is 0.0672 e. The number of hydrogen-bond donors (Lipinski definition) is 2. The van der Waals surface area contributed by atoms with Crippen molar-refractivity contribution in [3.63, 3.8) is 0 Å². The van der Waals surface area contributed by atoms with Gasteiger partial charge in [0, 0.05) is 12.6 Å². The van der Waals surface area contributed by atoms with E-state index in [0.29, 0.717) is 11.6 Å². The average Bonchev–Trinajstić information content (AvgIpc) is 2.09. The first-order chi connectivity index (χ1) is 4.31. The van der Waals surface area contributed by atoms with Crippen LogP contribution in [0.3, 0.4) is 0 Å². The second kappa shape index (κ2) is 3.92. The summed E-state index contributed by atoms with van der Waals surface area (Å²) in [4.78, 5) is 0. The molecule has 5 heteroatoms. The van der Waals surface area contributed by atoms with Crippen LogP contribution in [-0.2, 0) is 4.74 Å². The molecule has 1 unspecified atom stereocenters. The lowest BCUT2D eigenvalue weighted by atomic mass is 9.94. The van der Waals surface area contributed by atoms with Crippen molar-refractivity contribution >= 4 is 24.8 Å². The van der Waals surface area contributed by atoms with Gasteiger partial charge < -0.3 is 15.8 Å². The van der Waals surface area contributed by atoms with Gasteiger partial charge in [0.25, 0.3) is 0 Å². The molecular weight excluding hydrogens is 187 g/mol. The van der Waals surface area contributed by atoms with Crippen molar-refractivity contribution in [2.45, 2.75) is 18.0 Å². The lowest BCUT2D eigenvalue weighted by molar-refractivity contribution is -0.0647. The van der Waals surface area contributed by atoms with E-state index in [9.17, 15) is 0 Å². The molecule has 0 aliphatic carbocycles. The molecule has 0 saturated carbocycles. The Balaban J connectivity index is 0.000000500. The van der Waals surface area contributed by atoms with Crippen LogP contribution >= 0.6 is 24.8 Å². The van der Waals surface area contributed by atoms with Gasteiger partial charge >= 0.3 is 0 Å². The quantitative estimate of drug-likeness (QED) is 0.576. The molecule has 2 fully saturated rings. The Morgan fingerprint density at radius 2 is 2.00 bits per heavy atom. The second-order valence-corrected chi connectivity index (χ2v) is 3.12. The van der Waals surface area contributed by atoms with Crippen molar-refractivity contribution in [3.05, 3.63) is 0 Å². The molecule has 2 heterocycles. The molecule has 0 aromatic heterocycles. The SMILES string of the molecule is Cl.Cl.NC1CNC2(COC2)C1. The highest BCUT2D eigenvalue weighted by molar-refractivity contribution is 5.85. The summed E-state index contributed by atoms with van der Waals surface area (Å²) in [7, 11) is 0. The minimum atomic E-state index is 0. The Labute approximate surface area is 78.9 Å². The van der Waals surface area contributed by atoms with Gasteiger partial charge in [0.2, 0.25) is 0 Å². The van der Waals surface area contributed by atoms with Crippen molar-refractivity contribution in [2.75, 3.05) is 19.8 Å². The van der Waals surface area contributed by atoms with Crippen LogP contribution in [0.4, 0.5) is 0 Å². The molecule has 1 spiro atoms. The fraction of sp³-hybridized carbons (Fsp3) is 1.00. The fourth-order valence-electron chi connectivity index (χ4n) is 1.56. The first-order valence-electron chi connectivity index (χ1n) is 3.39. The number of nitrogens with two attached hydrogens (primary N) is 1. The topological polar surface area (TPSA) is 47.3 Å². The largest absolute Gasteiger partial charge is 0.377 e. The summed E-state index contributed by atoms with van der Waals surface area (Å²) in [6.07, 6.45) is 1.09. The molecule has 2 aliphatic heterocycles. The van der Waals surface area contributed by atoms with E-state index in [1.807, 2.05) is 0 Å². The van der Waals surface area contributed by atoms with Gasteiger partial charge in [0.15, 0.2) is 0 Å². The van der Waals surface area contributed by atoms with E-state index < -0.39 is 0 Å². The van der Waals surface area contributed by atoms with Crippen LogP contribution in [0, 0.1) is 0 Å². The smallest absolute Gasteiger partial charge is 0.0672 e. The van der Waals surface area contributed by atoms with Crippen molar-refractivity contribution in [2.24, 2.45) is 5.73 Å². The van der Waals surface area contributed by atoms with Gasteiger partial charge in [0.1, 0.15) is 0 Å². The van der Waals surface area contributed by atoms with Crippen LogP contribution < -0.4 is 11.1 Å². The molecule has 3 N–H and O–H groups in total. The number of nitrogens with one attached hydrogen (secondary N) is 1. The van der Waals surface area contributed by atoms with E-state index >= 15 is 0 Å². The maximum atomic E-state index is 5.70. The molecule has 2 rings (SSSR count). The Morgan fingerprint density at radius 3 is 2.18 bits per heavy atom. The van der Waals surface area contributed by atoms with Gasteiger partial charge in [-0.1, -0.05) is 0 Å². The lowest BCUT2D eigenvalue weighted by Crippen LogP contribution is -2.56. The zero-order valence-corrected chi connectivity index (χ0v) is 7.84. The molecule has 0 bridgehead atoms. The number of halogens is 2. The van der Waals surface area contributed by atoms with Crippen LogP contribution in [0.5, 0.6) is 0 Å².